The normalized spacial score (nSPS) is 11.8. The summed E-state index contributed by atoms with van der Waals surface area (Å²) in [6, 6.07) is 12.0. The molecule has 0 unspecified atom stereocenters. The number of rotatable bonds is 5. The monoisotopic (exact) mass is 350 g/mol. The van der Waals surface area contributed by atoms with Crippen LogP contribution in [0.25, 0.3) is 5.69 Å². The van der Waals surface area contributed by atoms with Gasteiger partial charge >= 0.3 is 5.97 Å². The zero-order chi connectivity index (χ0) is 18.7. The van der Waals surface area contributed by atoms with Crippen LogP contribution in [0.2, 0.25) is 0 Å². The molecule has 7 nitrogen and oxygen atoms in total. The van der Waals surface area contributed by atoms with Crippen molar-refractivity contribution in [2.75, 3.05) is 0 Å². The third-order valence-corrected chi connectivity index (χ3v) is 4.16. The molecule has 26 heavy (non-hydrogen) atoms. The lowest BCUT2D eigenvalue weighted by atomic mass is 10.0. The second-order valence-corrected chi connectivity index (χ2v) is 6.01. The van der Waals surface area contributed by atoms with E-state index in [1.807, 2.05) is 26.0 Å². The molecule has 0 amide bonds. The second-order valence-electron chi connectivity index (χ2n) is 6.01. The van der Waals surface area contributed by atoms with Gasteiger partial charge in [0.2, 0.25) is 5.78 Å². The molecule has 1 aromatic heterocycles. The Hall–Kier alpha value is -3.35. The highest BCUT2D eigenvalue weighted by Crippen LogP contribution is 2.15. The van der Waals surface area contributed by atoms with E-state index in [2.05, 4.69) is 15.5 Å². The average molecular weight is 350 g/mol. The van der Waals surface area contributed by atoms with Gasteiger partial charge in [-0.3, -0.25) is 4.79 Å². The Kier molecular flexibility index (Phi) is 4.88. The Morgan fingerprint density at radius 3 is 2.31 bits per heavy atom. The molecule has 3 rings (SSSR count). The third kappa shape index (κ3) is 3.66. The molecule has 0 saturated carbocycles. The number of ether oxygens (including phenoxy) is 1. The van der Waals surface area contributed by atoms with Crippen LogP contribution in [0.15, 0.2) is 48.8 Å². The predicted octanol–water partition coefficient (Wildman–Crippen LogP) is 2.71. The quantitative estimate of drug-likeness (QED) is 0.519. The van der Waals surface area contributed by atoms with Crippen LogP contribution in [0.1, 0.15) is 38.8 Å². The van der Waals surface area contributed by atoms with Crippen molar-refractivity contribution in [1.29, 1.82) is 0 Å². The first-order valence-corrected chi connectivity index (χ1v) is 8.11. The minimum absolute atomic E-state index is 0.230. The first-order chi connectivity index (χ1) is 12.5. The molecule has 0 spiro atoms. The van der Waals surface area contributed by atoms with Gasteiger partial charge < -0.3 is 4.74 Å². The fourth-order valence-electron chi connectivity index (χ4n) is 2.44. The number of benzene rings is 2. The molecule has 0 aliphatic heterocycles. The number of Topliss-reactive ketones (excluding diaryl/α,β-unsaturated/α-hetero) is 1. The number of aromatic nitrogens is 4. The lowest BCUT2D eigenvalue weighted by molar-refractivity contribution is 0.0319. The summed E-state index contributed by atoms with van der Waals surface area (Å²) in [6.07, 6.45) is 0.585. The van der Waals surface area contributed by atoms with Crippen LogP contribution in [0.4, 0.5) is 0 Å². The van der Waals surface area contributed by atoms with Gasteiger partial charge in [0.15, 0.2) is 6.10 Å². The molecule has 1 heterocycles. The highest BCUT2D eigenvalue weighted by atomic mass is 16.5. The zero-order valence-corrected chi connectivity index (χ0v) is 14.7. The topological polar surface area (TPSA) is 87.0 Å². The largest absolute Gasteiger partial charge is 0.451 e. The van der Waals surface area contributed by atoms with E-state index in [0.717, 1.165) is 11.1 Å². The molecule has 0 fully saturated rings. The maximum Gasteiger partial charge on any atom is 0.338 e. The Morgan fingerprint density at radius 1 is 1.00 bits per heavy atom. The second kappa shape index (κ2) is 7.26. The number of carbonyl (C=O) groups is 2. The van der Waals surface area contributed by atoms with Crippen molar-refractivity contribution in [2.45, 2.75) is 26.9 Å². The number of hydrogen-bond acceptors (Lipinski definition) is 6. The molecule has 7 heteroatoms. The maximum absolute atomic E-state index is 12.5. The number of hydrogen-bond donors (Lipinski definition) is 0. The smallest absolute Gasteiger partial charge is 0.338 e. The van der Waals surface area contributed by atoms with Gasteiger partial charge in [-0.05, 0) is 72.7 Å². The van der Waals surface area contributed by atoms with Crippen LogP contribution >= 0.6 is 0 Å². The third-order valence-electron chi connectivity index (χ3n) is 4.16. The number of aryl methyl sites for hydroxylation is 2. The van der Waals surface area contributed by atoms with Gasteiger partial charge in [-0.25, -0.2) is 9.48 Å². The number of ketones is 1. The molecule has 1 atom stereocenters. The summed E-state index contributed by atoms with van der Waals surface area (Å²) < 4.78 is 6.79. The summed E-state index contributed by atoms with van der Waals surface area (Å²) in [5.41, 5.74) is 3.72. The van der Waals surface area contributed by atoms with Crippen molar-refractivity contribution in [2.24, 2.45) is 0 Å². The molecule has 132 valence electrons. The van der Waals surface area contributed by atoms with Crippen LogP contribution < -0.4 is 0 Å². The summed E-state index contributed by atoms with van der Waals surface area (Å²) in [5, 5.41) is 10.9. The number of carbonyl (C=O) groups excluding carboxylic acids is 2. The standard InChI is InChI=1S/C19H18N4O3/c1-12-4-5-16(10-13(12)2)18(24)14(3)26-19(25)15-6-8-17(9-7-15)23-11-20-21-22-23/h4-11,14H,1-3H3/t14-/m0/s1. The first-order valence-electron chi connectivity index (χ1n) is 8.11. The maximum atomic E-state index is 12.5. The summed E-state index contributed by atoms with van der Waals surface area (Å²) in [5.74, 6) is -0.787. The minimum Gasteiger partial charge on any atom is -0.451 e. The highest BCUT2D eigenvalue weighted by Gasteiger charge is 2.20. The highest BCUT2D eigenvalue weighted by molar-refractivity contribution is 6.01. The van der Waals surface area contributed by atoms with Crippen molar-refractivity contribution in [1.82, 2.24) is 20.2 Å². The predicted molar refractivity (Wildman–Crippen MR) is 94.3 cm³/mol. The fraction of sp³-hybridized carbons (Fsp3) is 0.211. The summed E-state index contributed by atoms with van der Waals surface area (Å²) in [7, 11) is 0. The molecule has 0 saturated heterocycles. The van der Waals surface area contributed by atoms with Gasteiger partial charge in [-0.15, -0.1) is 5.10 Å². The SMILES string of the molecule is Cc1ccc(C(=O)[C@H](C)OC(=O)c2ccc(-n3cnnn3)cc2)cc1C. The minimum atomic E-state index is -0.871. The lowest BCUT2D eigenvalue weighted by Crippen LogP contribution is -2.24. The van der Waals surface area contributed by atoms with Crippen molar-refractivity contribution < 1.29 is 14.3 Å². The van der Waals surface area contributed by atoms with Crippen molar-refractivity contribution in [3.63, 3.8) is 0 Å². The molecular formula is C19H18N4O3. The first kappa shape index (κ1) is 17.5. The average Bonchev–Trinajstić information content (AvgIpc) is 3.18. The summed E-state index contributed by atoms with van der Waals surface area (Å²) >= 11 is 0. The Bertz CT molecular complexity index is 934. The van der Waals surface area contributed by atoms with Gasteiger partial charge in [0, 0.05) is 5.56 Å². The van der Waals surface area contributed by atoms with Crippen LogP contribution in [-0.4, -0.2) is 38.1 Å². The van der Waals surface area contributed by atoms with E-state index in [-0.39, 0.29) is 5.78 Å². The summed E-state index contributed by atoms with van der Waals surface area (Å²) in [6.45, 7) is 5.49. The molecular weight excluding hydrogens is 332 g/mol. The summed E-state index contributed by atoms with van der Waals surface area (Å²) in [4.78, 5) is 24.8. The van der Waals surface area contributed by atoms with E-state index in [1.54, 1.807) is 37.3 Å². The van der Waals surface area contributed by atoms with E-state index < -0.39 is 12.1 Å². The van der Waals surface area contributed by atoms with E-state index in [1.165, 1.54) is 11.0 Å². The zero-order valence-electron chi connectivity index (χ0n) is 14.7. The molecule has 0 radical (unpaired) electrons. The van der Waals surface area contributed by atoms with Crippen LogP contribution in [0.5, 0.6) is 0 Å². The van der Waals surface area contributed by atoms with Crippen molar-refractivity contribution in [3.8, 4) is 5.69 Å². The van der Waals surface area contributed by atoms with Gasteiger partial charge in [0.05, 0.1) is 11.3 Å². The van der Waals surface area contributed by atoms with Gasteiger partial charge in [-0.2, -0.15) is 0 Å². The van der Waals surface area contributed by atoms with Gasteiger partial charge in [0.1, 0.15) is 6.33 Å². The van der Waals surface area contributed by atoms with Crippen molar-refractivity contribution >= 4 is 11.8 Å². The molecule has 0 aliphatic rings. The molecule has 0 N–H and O–H groups in total. The van der Waals surface area contributed by atoms with E-state index >= 15 is 0 Å². The Labute approximate surface area is 150 Å². The van der Waals surface area contributed by atoms with E-state index in [0.29, 0.717) is 16.8 Å². The Balaban J connectivity index is 1.68. The molecule has 0 aliphatic carbocycles. The molecule has 0 bridgehead atoms. The molecule has 3 aromatic rings. The number of esters is 1. The van der Waals surface area contributed by atoms with E-state index in [9.17, 15) is 9.59 Å². The number of nitrogens with zero attached hydrogens (tertiary/aromatic N) is 4. The lowest BCUT2D eigenvalue weighted by Gasteiger charge is -2.13. The van der Waals surface area contributed by atoms with Gasteiger partial charge in [0.25, 0.3) is 0 Å². The van der Waals surface area contributed by atoms with Crippen LogP contribution in [0.3, 0.4) is 0 Å². The van der Waals surface area contributed by atoms with Crippen LogP contribution in [0, 0.1) is 13.8 Å². The van der Waals surface area contributed by atoms with E-state index in [4.69, 9.17) is 4.74 Å². The van der Waals surface area contributed by atoms with Gasteiger partial charge in [-0.1, -0.05) is 12.1 Å². The Morgan fingerprint density at radius 2 is 1.69 bits per heavy atom. The molecule has 2 aromatic carbocycles. The fourth-order valence-corrected chi connectivity index (χ4v) is 2.44. The van der Waals surface area contributed by atoms with Crippen molar-refractivity contribution in [3.05, 3.63) is 71.0 Å². The number of tetrazole rings is 1. The van der Waals surface area contributed by atoms with Crippen LogP contribution in [-0.2, 0) is 4.74 Å².